The van der Waals surface area contributed by atoms with E-state index in [4.69, 9.17) is 0 Å². The largest absolute Gasteiger partial charge is 0.307 e. The first-order chi connectivity index (χ1) is 10.8. The number of carbonyl (C=O) groups is 1. The lowest BCUT2D eigenvalue weighted by Gasteiger charge is -2.26. The molecule has 1 amide bonds. The Bertz CT molecular complexity index is 792. The van der Waals surface area contributed by atoms with Crippen molar-refractivity contribution >= 4 is 21.4 Å². The molecule has 0 saturated heterocycles. The number of carbonyl (C=O) groups excluding carboxylic acids is 1. The highest BCUT2D eigenvalue weighted by atomic mass is 32.2. The summed E-state index contributed by atoms with van der Waals surface area (Å²) in [6.45, 7) is 0.416. The maximum atomic E-state index is 14.5. The number of nitrogens with zero attached hydrogens (tertiary/aromatic N) is 1. The predicted molar refractivity (Wildman–Crippen MR) is 85.7 cm³/mol. The molecule has 1 aromatic rings. The van der Waals surface area contributed by atoms with Gasteiger partial charge in [0.05, 0.1) is 5.69 Å². The van der Waals surface area contributed by atoms with Crippen LogP contribution in [0.2, 0.25) is 0 Å². The lowest BCUT2D eigenvalue weighted by molar-refractivity contribution is -0.119. The molecule has 2 fully saturated rings. The van der Waals surface area contributed by atoms with Crippen molar-refractivity contribution in [2.75, 3.05) is 17.7 Å². The summed E-state index contributed by atoms with van der Waals surface area (Å²) in [6, 6.07) is 4.94. The summed E-state index contributed by atoms with van der Waals surface area (Å²) < 4.78 is 37.3. The average Bonchev–Trinajstić information content (AvgIpc) is 3.09. The van der Waals surface area contributed by atoms with Gasteiger partial charge >= 0.3 is 0 Å². The first kappa shape index (κ1) is 15.1. The van der Waals surface area contributed by atoms with E-state index in [1.54, 1.807) is 6.07 Å². The Kier molecular flexibility index (Phi) is 3.00. The lowest BCUT2D eigenvalue weighted by atomic mass is 9.81. The molecule has 0 radical (unpaired) electrons. The third-order valence-corrected chi connectivity index (χ3v) is 7.90. The number of hydrogen-bond acceptors (Lipinski definition) is 3. The highest BCUT2D eigenvalue weighted by Gasteiger charge is 2.62. The third kappa shape index (κ3) is 1.93. The fraction of sp³-hybridized carbons (Fsp3) is 0.588. The van der Waals surface area contributed by atoms with Crippen LogP contribution < -0.4 is 4.90 Å². The van der Waals surface area contributed by atoms with Crippen LogP contribution in [0.3, 0.4) is 0 Å². The zero-order valence-corrected chi connectivity index (χ0v) is 14.0. The second-order valence-electron chi connectivity index (χ2n) is 7.28. The molecule has 3 aliphatic rings. The Hall–Kier alpha value is -1.43. The van der Waals surface area contributed by atoms with Crippen molar-refractivity contribution in [2.45, 2.75) is 48.7 Å². The molecule has 2 saturated carbocycles. The molecular formula is C17H20FNO3S. The second kappa shape index (κ2) is 4.56. The van der Waals surface area contributed by atoms with Gasteiger partial charge in [-0.25, -0.2) is 12.8 Å². The van der Waals surface area contributed by atoms with Crippen molar-refractivity contribution in [3.8, 4) is 0 Å². The van der Waals surface area contributed by atoms with Gasteiger partial charge in [0.2, 0.25) is 5.91 Å². The summed E-state index contributed by atoms with van der Waals surface area (Å²) >= 11 is 0. The van der Waals surface area contributed by atoms with Crippen molar-refractivity contribution in [2.24, 2.45) is 0 Å². The SMILES string of the molecule is CS(=O)(=O)C1(C(=O)N2CC3(CCCC3)c3cccc(F)c32)CC1. The second-order valence-corrected chi connectivity index (χ2v) is 9.61. The molecule has 23 heavy (non-hydrogen) atoms. The summed E-state index contributed by atoms with van der Waals surface area (Å²) in [5, 5.41) is 0. The lowest BCUT2D eigenvalue weighted by Crippen LogP contribution is -2.46. The van der Waals surface area contributed by atoms with E-state index in [2.05, 4.69) is 0 Å². The molecule has 0 aromatic heterocycles. The fourth-order valence-electron chi connectivity index (χ4n) is 4.44. The van der Waals surface area contributed by atoms with Gasteiger partial charge in [-0.15, -0.1) is 0 Å². The standard InChI is InChI=1S/C17H20FNO3S/c1-23(21,22)17(9-10-17)15(20)19-11-16(7-2-3-8-16)12-5-4-6-13(18)14(12)19/h4-6H,2-3,7-11H2,1H3. The molecule has 1 heterocycles. The highest BCUT2D eigenvalue weighted by molar-refractivity contribution is 7.93. The van der Waals surface area contributed by atoms with Crippen molar-refractivity contribution in [3.05, 3.63) is 29.6 Å². The number of amides is 1. The van der Waals surface area contributed by atoms with Crippen LogP contribution in [-0.2, 0) is 20.0 Å². The third-order valence-electron chi connectivity index (χ3n) is 5.90. The Morgan fingerprint density at radius 1 is 1.17 bits per heavy atom. The van der Waals surface area contributed by atoms with Crippen molar-refractivity contribution in [1.82, 2.24) is 0 Å². The maximum absolute atomic E-state index is 14.5. The highest BCUT2D eigenvalue weighted by Crippen LogP contribution is 2.54. The van der Waals surface area contributed by atoms with Crippen molar-refractivity contribution in [1.29, 1.82) is 0 Å². The van der Waals surface area contributed by atoms with Crippen LogP contribution in [0.15, 0.2) is 18.2 Å². The molecule has 0 N–H and O–H groups in total. The molecule has 6 heteroatoms. The van der Waals surface area contributed by atoms with Gasteiger partial charge in [0, 0.05) is 18.2 Å². The monoisotopic (exact) mass is 337 g/mol. The van der Waals surface area contributed by atoms with Gasteiger partial charge in [-0.05, 0) is 37.3 Å². The summed E-state index contributed by atoms with van der Waals surface area (Å²) in [5.74, 6) is -0.862. The van der Waals surface area contributed by atoms with E-state index >= 15 is 0 Å². The van der Waals surface area contributed by atoms with Gasteiger partial charge in [0.25, 0.3) is 0 Å². The fourth-order valence-corrected chi connectivity index (χ4v) is 5.71. The number of para-hydroxylation sites is 1. The molecule has 0 bridgehead atoms. The van der Waals surface area contributed by atoms with E-state index in [1.165, 1.54) is 11.0 Å². The predicted octanol–water partition coefficient (Wildman–Crippen LogP) is 2.56. The van der Waals surface area contributed by atoms with Gasteiger partial charge in [-0.3, -0.25) is 4.79 Å². The maximum Gasteiger partial charge on any atom is 0.248 e. The number of rotatable bonds is 2. The minimum absolute atomic E-state index is 0.194. The molecule has 4 nitrogen and oxygen atoms in total. The van der Waals surface area contributed by atoms with E-state index in [0.717, 1.165) is 37.5 Å². The van der Waals surface area contributed by atoms with Gasteiger partial charge in [0.15, 0.2) is 14.6 Å². The number of sulfone groups is 1. The Labute approximate surface area is 135 Å². The number of benzene rings is 1. The van der Waals surface area contributed by atoms with E-state index in [9.17, 15) is 17.6 Å². The van der Waals surface area contributed by atoms with Crippen LogP contribution >= 0.6 is 0 Å². The molecule has 0 unspecified atom stereocenters. The molecular weight excluding hydrogens is 317 g/mol. The summed E-state index contributed by atoms with van der Waals surface area (Å²) in [4.78, 5) is 14.4. The van der Waals surface area contributed by atoms with Crippen LogP contribution in [0.4, 0.5) is 10.1 Å². The smallest absolute Gasteiger partial charge is 0.248 e. The van der Waals surface area contributed by atoms with Gasteiger partial charge in [-0.1, -0.05) is 25.0 Å². The van der Waals surface area contributed by atoms with Crippen molar-refractivity contribution in [3.63, 3.8) is 0 Å². The normalized spacial score (nSPS) is 24.0. The van der Waals surface area contributed by atoms with E-state index in [0.29, 0.717) is 25.1 Å². The quantitative estimate of drug-likeness (QED) is 0.833. The van der Waals surface area contributed by atoms with Gasteiger partial charge < -0.3 is 4.90 Å². The van der Waals surface area contributed by atoms with Crippen LogP contribution in [0.25, 0.3) is 0 Å². The van der Waals surface area contributed by atoms with Crippen LogP contribution in [-0.4, -0.2) is 31.9 Å². The zero-order valence-electron chi connectivity index (χ0n) is 13.1. The van der Waals surface area contributed by atoms with Crippen molar-refractivity contribution < 1.29 is 17.6 Å². The molecule has 4 rings (SSSR count). The molecule has 0 atom stereocenters. The Balaban J connectivity index is 1.82. The molecule has 1 spiro atoms. The van der Waals surface area contributed by atoms with Crippen LogP contribution in [0.5, 0.6) is 0 Å². The van der Waals surface area contributed by atoms with E-state index in [1.807, 2.05) is 6.07 Å². The molecule has 1 aromatic carbocycles. The Morgan fingerprint density at radius 2 is 1.83 bits per heavy atom. The van der Waals surface area contributed by atoms with E-state index in [-0.39, 0.29) is 5.41 Å². The number of fused-ring (bicyclic) bond motifs is 2. The summed E-state index contributed by atoms with van der Waals surface area (Å²) in [7, 11) is -3.49. The van der Waals surface area contributed by atoms with E-state index < -0.39 is 26.3 Å². The first-order valence-corrected chi connectivity index (χ1v) is 10.0. The zero-order chi connectivity index (χ0) is 16.5. The van der Waals surface area contributed by atoms with Gasteiger partial charge in [0.1, 0.15) is 5.82 Å². The molecule has 2 aliphatic carbocycles. The topological polar surface area (TPSA) is 54.5 Å². The average molecular weight is 337 g/mol. The summed E-state index contributed by atoms with van der Waals surface area (Å²) in [5.41, 5.74) is 1.00. The minimum Gasteiger partial charge on any atom is -0.307 e. The summed E-state index contributed by atoms with van der Waals surface area (Å²) in [6.07, 6.45) is 5.79. The molecule has 124 valence electrons. The van der Waals surface area contributed by atoms with Crippen LogP contribution in [0, 0.1) is 5.82 Å². The first-order valence-electron chi connectivity index (χ1n) is 8.11. The number of anilines is 1. The minimum atomic E-state index is -3.49. The number of halogens is 1. The Morgan fingerprint density at radius 3 is 2.39 bits per heavy atom. The number of hydrogen-bond donors (Lipinski definition) is 0. The molecule has 1 aliphatic heterocycles. The van der Waals surface area contributed by atoms with Gasteiger partial charge in [-0.2, -0.15) is 0 Å². The van der Waals surface area contributed by atoms with Crippen LogP contribution in [0.1, 0.15) is 44.1 Å².